The van der Waals surface area contributed by atoms with Crippen LogP contribution in [0.3, 0.4) is 0 Å². The van der Waals surface area contributed by atoms with Gasteiger partial charge in [-0.05, 0) is 31.7 Å². The first kappa shape index (κ1) is 14.9. The quantitative estimate of drug-likeness (QED) is 0.838. The van der Waals surface area contributed by atoms with Gasteiger partial charge >= 0.3 is 4.87 Å². The Balaban J connectivity index is 1.91. The molecule has 2 aromatic rings. The van der Waals surface area contributed by atoms with Gasteiger partial charge in [0.15, 0.2) is 5.82 Å². The fraction of sp³-hybridized carbons (Fsp3) is 0.400. The Kier molecular flexibility index (Phi) is 4.08. The van der Waals surface area contributed by atoms with E-state index in [-0.39, 0.29) is 4.87 Å². The van der Waals surface area contributed by atoms with Crippen molar-refractivity contribution in [2.45, 2.75) is 6.92 Å². The molecule has 22 heavy (non-hydrogen) atoms. The standard InChI is InChI=1S/C15H21N5OS/c1-11-4-3-5-12(10-11)17-13-14(22-15(21)20(13)16)19-8-6-18(2)7-9-19/h3-5,10,17H,6-9,16H2,1-2H3. The first-order valence-electron chi connectivity index (χ1n) is 7.32. The van der Waals surface area contributed by atoms with E-state index >= 15 is 0 Å². The normalized spacial score (nSPS) is 16.0. The van der Waals surface area contributed by atoms with E-state index in [1.54, 1.807) is 0 Å². The Morgan fingerprint density at radius 3 is 2.64 bits per heavy atom. The third kappa shape index (κ3) is 2.95. The lowest BCUT2D eigenvalue weighted by molar-refractivity contribution is 0.313. The van der Waals surface area contributed by atoms with Gasteiger partial charge in [-0.2, -0.15) is 4.68 Å². The summed E-state index contributed by atoms with van der Waals surface area (Å²) in [5, 5.41) is 4.22. The number of benzene rings is 1. The molecule has 6 nitrogen and oxygen atoms in total. The van der Waals surface area contributed by atoms with E-state index in [0.29, 0.717) is 5.82 Å². The molecule has 118 valence electrons. The number of nitrogens with one attached hydrogen (secondary N) is 1. The molecule has 0 bridgehead atoms. The number of thiazole rings is 1. The predicted octanol–water partition coefficient (Wildman–Crippen LogP) is 1.43. The minimum absolute atomic E-state index is 0.149. The van der Waals surface area contributed by atoms with E-state index in [4.69, 9.17) is 5.84 Å². The second-order valence-electron chi connectivity index (χ2n) is 5.68. The van der Waals surface area contributed by atoms with Gasteiger partial charge in [-0.1, -0.05) is 23.5 Å². The van der Waals surface area contributed by atoms with E-state index in [9.17, 15) is 4.79 Å². The molecule has 0 unspecified atom stereocenters. The Bertz CT molecular complexity index is 715. The Hall–Kier alpha value is -1.99. The van der Waals surface area contributed by atoms with Crippen molar-refractivity contribution in [3.8, 4) is 0 Å². The van der Waals surface area contributed by atoms with Crippen molar-refractivity contribution in [3.63, 3.8) is 0 Å². The highest BCUT2D eigenvalue weighted by Gasteiger charge is 2.22. The highest BCUT2D eigenvalue weighted by Crippen LogP contribution is 2.31. The molecule has 1 aromatic heterocycles. The number of anilines is 3. The maximum Gasteiger partial charge on any atom is 0.329 e. The van der Waals surface area contributed by atoms with E-state index in [2.05, 4.69) is 22.2 Å². The summed E-state index contributed by atoms with van der Waals surface area (Å²) >= 11 is 1.20. The lowest BCUT2D eigenvalue weighted by Crippen LogP contribution is -2.44. The van der Waals surface area contributed by atoms with Gasteiger partial charge in [0.25, 0.3) is 0 Å². The largest absolute Gasteiger partial charge is 0.358 e. The van der Waals surface area contributed by atoms with Crippen LogP contribution in [0.15, 0.2) is 29.1 Å². The summed E-state index contributed by atoms with van der Waals surface area (Å²) in [6, 6.07) is 8.03. The maximum atomic E-state index is 12.0. The Morgan fingerprint density at radius 1 is 1.23 bits per heavy atom. The minimum Gasteiger partial charge on any atom is -0.358 e. The number of hydrogen-bond acceptors (Lipinski definition) is 6. The van der Waals surface area contributed by atoms with Crippen molar-refractivity contribution in [1.29, 1.82) is 0 Å². The average molecular weight is 319 g/mol. The van der Waals surface area contributed by atoms with Gasteiger partial charge in [0.1, 0.15) is 5.00 Å². The fourth-order valence-electron chi connectivity index (χ4n) is 2.57. The van der Waals surface area contributed by atoms with Crippen molar-refractivity contribution in [2.24, 2.45) is 0 Å². The second-order valence-corrected chi connectivity index (χ2v) is 6.62. The number of nitrogen functional groups attached to an aromatic ring is 1. The molecule has 0 amide bonds. The molecule has 7 heteroatoms. The summed E-state index contributed by atoms with van der Waals surface area (Å²) < 4.78 is 1.21. The Labute approximate surface area is 133 Å². The fourth-order valence-corrected chi connectivity index (χ4v) is 3.48. The molecule has 3 N–H and O–H groups in total. The smallest absolute Gasteiger partial charge is 0.329 e. The highest BCUT2D eigenvalue weighted by atomic mass is 32.1. The van der Waals surface area contributed by atoms with Crippen LogP contribution >= 0.6 is 11.3 Å². The predicted molar refractivity (Wildman–Crippen MR) is 92.9 cm³/mol. The molecule has 0 atom stereocenters. The molecule has 0 aliphatic carbocycles. The van der Waals surface area contributed by atoms with E-state index in [1.165, 1.54) is 16.0 Å². The van der Waals surface area contributed by atoms with Crippen LogP contribution in [0.5, 0.6) is 0 Å². The summed E-state index contributed by atoms with van der Waals surface area (Å²) in [6.07, 6.45) is 0. The number of likely N-dealkylation sites (N-methyl/N-ethyl adjacent to an activating group) is 1. The molecular formula is C15H21N5OS. The summed E-state index contributed by atoms with van der Waals surface area (Å²) in [6.45, 7) is 5.81. The van der Waals surface area contributed by atoms with Crippen molar-refractivity contribution in [1.82, 2.24) is 9.58 Å². The first-order chi connectivity index (χ1) is 10.5. The van der Waals surface area contributed by atoms with E-state index in [1.807, 2.05) is 31.2 Å². The highest BCUT2D eigenvalue weighted by molar-refractivity contribution is 7.14. The number of aryl methyl sites for hydroxylation is 1. The van der Waals surface area contributed by atoms with Crippen molar-refractivity contribution in [3.05, 3.63) is 39.5 Å². The molecule has 3 rings (SSSR count). The lowest BCUT2D eigenvalue weighted by atomic mass is 10.2. The van der Waals surface area contributed by atoms with E-state index < -0.39 is 0 Å². The lowest BCUT2D eigenvalue weighted by Gasteiger charge is -2.33. The first-order valence-corrected chi connectivity index (χ1v) is 8.14. The molecule has 1 fully saturated rings. The van der Waals surface area contributed by atoms with Gasteiger partial charge in [-0.3, -0.25) is 4.79 Å². The van der Waals surface area contributed by atoms with Crippen LogP contribution in [0.1, 0.15) is 5.56 Å². The summed E-state index contributed by atoms with van der Waals surface area (Å²) in [7, 11) is 2.11. The van der Waals surface area contributed by atoms with Gasteiger partial charge in [0, 0.05) is 31.9 Å². The maximum absolute atomic E-state index is 12.0. The van der Waals surface area contributed by atoms with Gasteiger partial charge in [0.05, 0.1) is 0 Å². The number of aromatic nitrogens is 1. The molecule has 0 radical (unpaired) electrons. The molecule has 0 saturated carbocycles. The van der Waals surface area contributed by atoms with Crippen molar-refractivity contribution < 1.29 is 0 Å². The SMILES string of the molecule is Cc1cccc(Nc2c(N3CCN(C)CC3)sc(=O)n2N)c1. The van der Waals surface area contributed by atoms with Gasteiger partial charge in [-0.25, -0.2) is 0 Å². The molecule has 1 aromatic carbocycles. The number of hydrogen-bond donors (Lipinski definition) is 2. The number of piperazine rings is 1. The third-order valence-corrected chi connectivity index (χ3v) is 4.91. The number of rotatable bonds is 3. The molecule has 0 spiro atoms. The minimum atomic E-state index is -0.149. The topological polar surface area (TPSA) is 66.5 Å². The zero-order chi connectivity index (χ0) is 15.7. The van der Waals surface area contributed by atoms with Crippen LogP contribution in [-0.2, 0) is 0 Å². The zero-order valence-corrected chi connectivity index (χ0v) is 13.7. The number of nitrogens with zero attached hydrogens (tertiary/aromatic N) is 3. The van der Waals surface area contributed by atoms with Crippen LogP contribution < -0.4 is 20.9 Å². The van der Waals surface area contributed by atoms with E-state index in [0.717, 1.165) is 42.4 Å². The average Bonchev–Trinajstić information content (AvgIpc) is 2.77. The van der Waals surface area contributed by atoms with Crippen LogP contribution in [0, 0.1) is 6.92 Å². The van der Waals surface area contributed by atoms with Crippen molar-refractivity contribution in [2.75, 3.05) is 49.3 Å². The second kappa shape index (κ2) is 6.02. The summed E-state index contributed by atoms with van der Waals surface area (Å²) in [4.78, 5) is 16.4. The van der Waals surface area contributed by atoms with Gasteiger partial charge in [0.2, 0.25) is 0 Å². The number of nitrogens with two attached hydrogens (primary N) is 1. The van der Waals surface area contributed by atoms with Gasteiger partial charge in [-0.15, -0.1) is 0 Å². The monoisotopic (exact) mass is 319 g/mol. The molecule has 1 aliphatic rings. The molecular weight excluding hydrogens is 298 g/mol. The molecule has 1 saturated heterocycles. The van der Waals surface area contributed by atoms with Crippen LogP contribution in [-0.4, -0.2) is 42.8 Å². The van der Waals surface area contributed by atoms with Crippen LogP contribution in [0.4, 0.5) is 16.5 Å². The summed E-state index contributed by atoms with van der Waals surface area (Å²) in [5.74, 6) is 6.61. The Morgan fingerprint density at radius 2 is 1.95 bits per heavy atom. The zero-order valence-electron chi connectivity index (χ0n) is 12.9. The molecule has 2 heterocycles. The van der Waals surface area contributed by atoms with Gasteiger partial charge < -0.3 is 21.0 Å². The van der Waals surface area contributed by atoms with Crippen LogP contribution in [0.25, 0.3) is 0 Å². The third-order valence-electron chi connectivity index (χ3n) is 3.90. The summed E-state index contributed by atoms with van der Waals surface area (Å²) in [5.41, 5.74) is 2.10. The van der Waals surface area contributed by atoms with Crippen molar-refractivity contribution >= 4 is 27.8 Å². The van der Waals surface area contributed by atoms with Crippen LogP contribution in [0.2, 0.25) is 0 Å². The molecule has 1 aliphatic heterocycles.